The number of rotatable bonds is 2. The van der Waals surface area contributed by atoms with E-state index in [0.29, 0.717) is 12.1 Å². The first-order valence-corrected chi connectivity index (χ1v) is 6.21. The molecule has 0 spiro atoms. The van der Waals surface area contributed by atoms with Crippen molar-refractivity contribution in [2.75, 3.05) is 5.73 Å². The number of aliphatic carboxylic acids is 1. The number of aromatic nitrogens is 3. The molecule has 1 aromatic carbocycles. The molecule has 0 amide bonds. The summed E-state index contributed by atoms with van der Waals surface area (Å²) in [6.45, 7) is -0.682. The fourth-order valence-electron chi connectivity index (χ4n) is 2.48. The predicted octanol–water partition coefficient (Wildman–Crippen LogP) is 2.41. The second-order valence-electron chi connectivity index (χ2n) is 4.79. The Morgan fingerprint density at radius 2 is 2.00 bits per heavy atom. The number of nitrogens with zero attached hydrogens (tertiary/aromatic N) is 3. The molecule has 120 valence electrons. The minimum Gasteiger partial charge on any atom is -0.480 e. The minimum atomic E-state index is -4.76. The van der Waals surface area contributed by atoms with Crippen molar-refractivity contribution < 1.29 is 27.5 Å². The quantitative estimate of drug-likeness (QED) is 0.705. The molecule has 0 bridgehead atoms. The molecule has 0 atom stereocenters. The third kappa shape index (κ3) is 2.31. The Kier molecular flexibility index (Phi) is 3.13. The van der Waals surface area contributed by atoms with Gasteiger partial charge in [-0.3, -0.25) is 4.79 Å². The summed E-state index contributed by atoms with van der Waals surface area (Å²) >= 11 is 0. The molecule has 3 rings (SSSR count). The van der Waals surface area contributed by atoms with Crippen molar-refractivity contribution >= 4 is 33.7 Å². The Balaban J connectivity index is 2.51. The number of halogens is 4. The number of anilines is 1. The van der Waals surface area contributed by atoms with Gasteiger partial charge in [0.2, 0.25) is 0 Å². The van der Waals surface area contributed by atoms with Gasteiger partial charge in [0.05, 0.1) is 16.5 Å². The molecule has 0 aliphatic heterocycles. The van der Waals surface area contributed by atoms with Gasteiger partial charge in [0.15, 0.2) is 0 Å². The van der Waals surface area contributed by atoms with Crippen molar-refractivity contribution in [2.24, 2.45) is 0 Å². The topological polar surface area (TPSA) is 94.0 Å². The van der Waals surface area contributed by atoms with Crippen LogP contribution in [0, 0.1) is 5.82 Å². The summed E-state index contributed by atoms with van der Waals surface area (Å²) in [5.41, 5.74) is 4.09. The zero-order valence-corrected chi connectivity index (χ0v) is 11.2. The van der Waals surface area contributed by atoms with Crippen molar-refractivity contribution in [1.82, 2.24) is 14.5 Å². The highest BCUT2D eigenvalue weighted by Crippen LogP contribution is 2.37. The SMILES string of the molecule is Nc1ncnc2c1c1cc(C(F)(F)F)cc(F)c1n2CC(=O)O. The molecule has 6 nitrogen and oxygen atoms in total. The normalized spacial score (nSPS) is 12.2. The molecule has 2 heterocycles. The molecule has 3 aromatic rings. The Morgan fingerprint density at radius 1 is 1.30 bits per heavy atom. The summed E-state index contributed by atoms with van der Waals surface area (Å²) in [6.07, 6.45) is -3.74. The van der Waals surface area contributed by atoms with E-state index < -0.39 is 30.1 Å². The number of alkyl halides is 3. The standard InChI is InChI=1S/C13H8F4N4O2/c14-7-2-5(13(15,16)17)1-6-9-11(18)19-4-20-12(9)21(10(6)7)3-8(22)23/h1-2,4H,3H2,(H,22,23)(H2,18,19,20). The van der Waals surface area contributed by atoms with Gasteiger partial charge in [-0.25, -0.2) is 14.4 Å². The van der Waals surface area contributed by atoms with E-state index in [1.807, 2.05) is 0 Å². The first-order chi connectivity index (χ1) is 10.7. The Hall–Kier alpha value is -2.91. The van der Waals surface area contributed by atoms with Crippen molar-refractivity contribution in [3.63, 3.8) is 0 Å². The highest BCUT2D eigenvalue weighted by atomic mass is 19.4. The van der Waals surface area contributed by atoms with Crippen LogP contribution in [0.2, 0.25) is 0 Å². The summed E-state index contributed by atoms with van der Waals surface area (Å²) in [6, 6.07) is 1.02. The average molecular weight is 328 g/mol. The van der Waals surface area contributed by atoms with Crippen LogP contribution in [0.4, 0.5) is 23.4 Å². The molecule has 0 saturated carbocycles. The van der Waals surface area contributed by atoms with Gasteiger partial charge in [-0.15, -0.1) is 0 Å². The molecule has 0 unspecified atom stereocenters. The average Bonchev–Trinajstić information content (AvgIpc) is 2.73. The Labute approximate surface area is 125 Å². The molecule has 10 heteroatoms. The third-order valence-electron chi connectivity index (χ3n) is 3.34. The Morgan fingerprint density at radius 3 is 2.61 bits per heavy atom. The first-order valence-electron chi connectivity index (χ1n) is 6.21. The number of carbonyl (C=O) groups is 1. The van der Waals surface area contributed by atoms with E-state index in [1.165, 1.54) is 0 Å². The smallest absolute Gasteiger partial charge is 0.416 e. The summed E-state index contributed by atoms with van der Waals surface area (Å²) < 4.78 is 53.9. The van der Waals surface area contributed by atoms with Gasteiger partial charge in [0.1, 0.15) is 30.2 Å². The lowest BCUT2D eigenvalue weighted by molar-refractivity contribution is -0.138. The van der Waals surface area contributed by atoms with E-state index in [1.54, 1.807) is 0 Å². The van der Waals surface area contributed by atoms with Gasteiger partial charge in [0.25, 0.3) is 0 Å². The monoisotopic (exact) mass is 328 g/mol. The first kappa shape index (κ1) is 15.0. The van der Waals surface area contributed by atoms with Crippen molar-refractivity contribution in [3.05, 3.63) is 29.8 Å². The summed E-state index contributed by atoms with van der Waals surface area (Å²) in [7, 11) is 0. The summed E-state index contributed by atoms with van der Waals surface area (Å²) in [4.78, 5) is 18.5. The maximum atomic E-state index is 14.3. The van der Waals surface area contributed by atoms with Crippen LogP contribution in [-0.4, -0.2) is 25.6 Å². The van der Waals surface area contributed by atoms with Gasteiger partial charge < -0.3 is 15.4 Å². The van der Waals surface area contributed by atoms with Gasteiger partial charge >= 0.3 is 12.1 Å². The van der Waals surface area contributed by atoms with E-state index in [9.17, 15) is 22.4 Å². The van der Waals surface area contributed by atoms with Gasteiger partial charge in [-0.2, -0.15) is 13.2 Å². The van der Waals surface area contributed by atoms with Crippen LogP contribution in [0.3, 0.4) is 0 Å². The number of nitrogens with two attached hydrogens (primary N) is 1. The van der Waals surface area contributed by atoms with Crippen molar-refractivity contribution in [3.8, 4) is 0 Å². The molecule has 0 fully saturated rings. The number of nitrogen functional groups attached to an aromatic ring is 1. The summed E-state index contributed by atoms with van der Waals surface area (Å²) in [5.74, 6) is -2.68. The minimum absolute atomic E-state index is 0.0197. The maximum absolute atomic E-state index is 14.3. The number of benzene rings is 1. The summed E-state index contributed by atoms with van der Waals surface area (Å²) in [5, 5.41) is 8.74. The van der Waals surface area contributed by atoms with Crippen LogP contribution < -0.4 is 5.73 Å². The van der Waals surface area contributed by atoms with Crippen molar-refractivity contribution in [1.29, 1.82) is 0 Å². The highest BCUT2D eigenvalue weighted by molar-refractivity contribution is 6.12. The number of hydrogen-bond acceptors (Lipinski definition) is 4. The van der Waals surface area contributed by atoms with E-state index in [-0.39, 0.29) is 27.8 Å². The van der Waals surface area contributed by atoms with Gasteiger partial charge in [-0.1, -0.05) is 0 Å². The number of carboxylic acid groups (broad SMARTS) is 1. The second-order valence-corrected chi connectivity index (χ2v) is 4.79. The van der Waals surface area contributed by atoms with Crippen LogP contribution in [-0.2, 0) is 17.5 Å². The molecule has 2 aromatic heterocycles. The number of hydrogen-bond donors (Lipinski definition) is 2. The Bertz CT molecular complexity index is 949. The van der Waals surface area contributed by atoms with Crippen LogP contribution in [0.1, 0.15) is 5.56 Å². The van der Waals surface area contributed by atoms with Crippen LogP contribution in [0.15, 0.2) is 18.5 Å². The fourth-order valence-corrected chi connectivity index (χ4v) is 2.48. The van der Waals surface area contributed by atoms with Crippen LogP contribution in [0.25, 0.3) is 21.9 Å². The van der Waals surface area contributed by atoms with Crippen LogP contribution >= 0.6 is 0 Å². The molecular formula is C13H8F4N4O2. The van der Waals surface area contributed by atoms with Gasteiger partial charge in [0, 0.05) is 5.39 Å². The fraction of sp³-hybridized carbons (Fsp3) is 0.154. The predicted molar refractivity (Wildman–Crippen MR) is 72.0 cm³/mol. The molecule has 0 radical (unpaired) electrons. The maximum Gasteiger partial charge on any atom is 0.416 e. The molecular weight excluding hydrogens is 320 g/mol. The van der Waals surface area contributed by atoms with E-state index in [4.69, 9.17) is 10.8 Å². The third-order valence-corrected chi connectivity index (χ3v) is 3.34. The van der Waals surface area contributed by atoms with E-state index in [0.717, 1.165) is 10.9 Å². The van der Waals surface area contributed by atoms with Gasteiger partial charge in [-0.05, 0) is 12.1 Å². The molecule has 0 saturated heterocycles. The zero-order chi connectivity index (χ0) is 16.9. The molecule has 0 aliphatic carbocycles. The lowest BCUT2D eigenvalue weighted by atomic mass is 10.1. The zero-order valence-electron chi connectivity index (χ0n) is 11.2. The number of fused-ring (bicyclic) bond motifs is 3. The lowest BCUT2D eigenvalue weighted by Gasteiger charge is -2.08. The van der Waals surface area contributed by atoms with E-state index in [2.05, 4.69) is 9.97 Å². The molecule has 3 N–H and O–H groups in total. The largest absolute Gasteiger partial charge is 0.480 e. The molecule has 23 heavy (non-hydrogen) atoms. The second kappa shape index (κ2) is 4.80. The van der Waals surface area contributed by atoms with Crippen molar-refractivity contribution in [2.45, 2.75) is 12.7 Å². The van der Waals surface area contributed by atoms with E-state index >= 15 is 0 Å². The van der Waals surface area contributed by atoms with Crippen LogP contribution in [0.5, 0.6) is 0 Å². The molecule has 0 aliphatic rings. The lowest BCUT2D eigenvalue weighted by Crippen LogP contribution is -2.10. The highest BCUT2D eigenvalue weighted by Gasteiger charge is 2.33. The number of carboxylic acids is 1.